The van der Waals surface area contributed by atoms with Crippen molar-refractivity contribution in [2.45, 2.75) is 32.9 Å². The lowest BCUT2D eigenvalue weighted by atomic mass is 10.0. The van der Waals surface area contributed by atoms with Crippen LogP contribution in [-0.2, 0) is 17.8 Å². The molecule has 0 saturated carbocycles. The molecule has 1 N–H and O–H groups in total. The van der Waals surface area contributed by atoms with E-state index in [2.05, 4.69) is 25.3 Å². The van der Waals surface area contributed by atoms with Crippen LogP contribution in [0, 0.1) is 6.92 Å². The van der Waals surface area contributed by atoms with Gasteiger partial charge in [-0.1, -0.05) is 5.16 Å². The molecule has 2 aromatic heterocycles. The van der Waals surface area contributed by atoms with Crippen LogP contribution in [0.1, 0.15) is 23.9 Å². The largest absolute Gasteiger partial charge is 0.481 e. The smallest absolute Gasteiger partial charge is 0.243 e. The van der Waals surface area contributed by atoms with Gasteiger partial charge >= 0.3 is 0 Å². The molecule has 0 spiro atoms. The SMILES string of the molecule is COc1ncnc2c1CN(C(C)C(=O)Nc1cc(C)no1)CC2. The van der Waals surface area contributed by atoms with Gasteiger partial charge in [-0.25, -0.2) is 9.97 Å². The van der Waals surface area contributed by atoms with E-state index in [0.717, 1.165) is 29.9 Å². The fourth-order valence-corrected chi connectivity index (χ4v) is 2.66. The lowest BCUT2D eigenvalue weighted by Crippen LogP contribution is -2.44. The second kappa shape index (κ2) is 6.33. The van der Waals surface area contributed by atoms with Crippen molar-refractivity contribution in [2.75, 3.05) is 19.0 Å². The van der Waals surface area contributed by atoms with Crippen LogP contribution < -0.4 is 10.1 Å². The first-order chi connectivity index (χ1) is 11.1. The van der Waals surface area contributed by atoms with Gasteiger partial charge in [0.05, 0.1) is 24.5 Å². The molecule has 0 saturated heterocycles. The van der Waals surface area contributed by atoms with E-state index in [1.807, 2.05) is 6.92 Å². The summed E-state index contributed by atoms with van der Waals surface area (Å²) in [6.07, 6.45) is 2.27. The molecule has 8 heteroatoms. The Balaban J connectivity index is 1.71. The minimum atomic E-state index is -0.321. The van der Waals surface area contributed by atoms with Crippen LogP contribution >= 0.6 is 0 Å². The van der Waals surface area contributed by atoms with Crippen molar-refractivity contribution in [1.82, 2.24) is 20.0 Å². The maximum absolute atomic E-state index is 12.4. The quantitative estimate of drug-likeness (QED) is 0.904. The maximum Gasteiger partial charge on any atom is 0.243 e. The molecule has 122 valence electrons. The summed E-state index contributed by atoms with van der Waals surface area (Å²) in [7, 11) is 1.59. The summed E-state index contributed by atoms with van der Waals surface area (Å²) >= 11 is 0. The third kappa shape index (κ3) is 3.16. The third-order valence-electron chi connectivity index (χ3n) is 3.99. The first kappa shape index (κ1) is 15.4. The number of fused-ring (bicyclic) bond motifs is 1. The predicted octanol–water partition coefficient (Wildman–Crippen LogP) is 1.17. The van der Waals surface area contributed by atoms with Crippen LogP contribution in [-0.4, -0.2) is 45.6 Å². The normalized spacial score (nSPS) is 15.8. The zero-order valence-electron chi connectivity index (χ0n) is 13.4. The monoisotopic (exact) mass is 317 g/mol. The number of ether oxygens (including phenoxy) is 1. The number of nitrogens with one attached hydrogen (secondary N) is 1. The average Bonchev–Trinajstić information content (AvgIpc) is 2.97. The zero-order valence-corrected chi connectivity index (χ0v) is 13.4. The number of aromatic nitrogens is 3. The maximum atomic E-state index is 12.4. The van der Waals surface area contributed by atoms with Gasteiger partial charge in [0, 0.05) is 31.1 Å². The molecule has 0 aliphatic carbocycles. The Hall–Kier alpha value is -2.48. The van der Waals surface area contributed by atoms with Crippen molar-refractivity contribution < 1.29 is 14.1 Å². The van der Waals surface area contributed by atoms with Crippen molar-refractivity contribution in [1.29, 1.82) is 0 Å². The number of rotatable bonds is 4. The third-order valence-corrected chi connectivity index (χ3v) is 3.99. The van der Waals surface area contributed by atoms with E-state index in [9.17, 15) is 4.79 Å². The first-order valence-corrected chi connectivity index (χ1v) is 7.43. The molecule has 0 aromatic carbocycles. The lowest BCUT2D eigenvalue weighted by Gasteiger charge is -2.32. The highest BCUT2D eigenvalue weighted by atomic mass is 16.5. The second-order valence-electron chi connectivity index (χ2n) is 5.53. The van der Waals surface area contributed by atoms with E-state index in [0.29, 0.717) is 18.3 Å². The summed E-state index contributed by atoms with van der Waals surface area (Å²) in [5.74, 6) is 0.788. The van der Waals surface area contributed by atoms with Gasteiger partial charge in [0.2, 0.25) is 17.7 Å². The van der Waals surface area contributed by atoms with Crippen molar-refractivity contribution >= 4 is 11.8 Å². The second-order valence-corrected chi connectivity index (χ2v) is 5.53. The Labute approximate surface area is 133 Å². The fraction of sp³-hybridized carbons (Fsp3) is 0.467. The minimum Gasteiger partial charge on any atom is -0.481 e. The van der Waals surface area contributed by atoms with E-state index in [4.69, 9.17) is 9.26 Å². The molecule has 3 heterocycles. The topological polar surface area (TPSA) is 93.4 Å². The summed E-state index contributed by atoms with van der Waals surface area (Å²) in [5.41, 5.74) is 2.64. The molecule has 1 amide bonds. The molecule has 8 nitrogen and oxygen atoms in total. The van der Waals surface area contributed by atoms with Gasteiger partial charge in [-0.05, 0) is 13.8 Å². The van der Waals surface area contributed by atoms with Crippen molar-refractivity contribution in [3.63, 3.8) is 0 Å². The van der Waals surface area contributed by atoms with Gasteiger partial charge in [0.25, 0.3) is 0 Å². The lowest BCUT2D eigenvalue weighted by molar-refractivity contribution is -0.121. The van der Waals surface area contributed by atoms with Crippen LogP contribution in [0.3, 0.4) is 0 Å². The van der Waals surface area contributed by atoms with Gasteiger partial charge in [0.1, 0.15) is 6.33 Å². The molecule has 0 fully saturated rings. The van der Waals surface area contributed by atoms with Gasteiger partial charge in [-0.3, -0.25) is 15.0 Å². The van der Waals surface area contributed by atoms with Crippen molar-refractivity contribution in [3.05, 3.63) is 29.3 Å². The van der Waals surface area contributed by atoms with Crippen LogP contribution in [0.2, 0.25) is 0 Å². The Kier molecular flexibility index (Phi) is 4.24. The van der Waals surface area contributed by atoms with E-state index in [-0.39, 0.29) is 11.9 Å². The molecule has 0 radical (unpaired) electrons. The molecule has 1 atom stereocenters. The first-order valence-electron chi connectivity index (χ1n) is 7.43. The number of carbonyl (C=O) groups excluding carboxylic acids is 1. The Bertz CT molecular complexity index is 701. The zero-order chi connectivity index (χ0) is 16.4. The predicted molar refractivity (Wildman–Crippen MR) is 82.0 cm³/mol. The van der Waals surface area contributed by atoms with Crippen molar-refractivity contribution in [3.8, 4) is 5.88 Å². The van der Waals surface area contributed by atoms with Crippen LogP contribution in [0.25, 0.3) is 0 Å². The Morgan fingerprint density at radius 2 is 2.30 bits per heavy atom. The Morgan fingerprint density at radius 1 is 1.48 bits per heavy atom. The number of carbonyl (C=O) groups is 1. The van der Waals surface area contributed by atoms with E-state index >= 15 is 0 Å². The fourth-order valence-electron chi connectivity index (χ4n) is 2.66. The number of anilines is 1. The minimum absolute atomic E-state index is 0.139. The number of aryl methyl sites for hydroxylation is 1. The number of amides is 1. The van der Waals surface area contributed by atoms with Crippen LogP contribution in [0.15, 0.2) is 16.9 Å². The molecule has 0 bridgehead atoms. The molecular formula is C15H19N5O3. The van der Waals surface area contributed by atoms with Gasteiger partial charge in [0.15, 0.2) is 0 Å². The number of hydrogen-bond donors (Lipinski definition) is 1. The summed E-state index contributed by atoms with van der Waals surface area (Å²) in [6.45, 7) is 4.98. The summed E-state index contributed by atoms with van der Waals surface area (Å²) in [4.78, 5) is 22.9. The number of methoxy groups -OCH3 is 1. The number of hydrogen-bond acceptors (Lipinski definition) is 7. The highest BCUT2D eigenvalue weighted by Gasteiger charge is 2.28. The van der Waals surface area contributed by atoms with Crippen molar-refractivity contribution in [2.24, 2.45) is 0 Å². The van der Waals surface area contributed by atoms with E-state index < -0.39 is 0 Å². The summed E-state index contributed by atoms with van der Waals surface area (Å²) < 4.78 is 10.3. The molecule has 3 rings (SSSR count). The standard InChI is InChI=1S/C15H19N5O3/c1-9-6-13(23-19-9)18-14(21)10(2)20-5-4-12-11(7-20)15(22-3)17-8-16-12/h6,8,10H,4-5,7H2,1-3H3,(H,18,21). The van der Waals surface area contributed by atoms with E-state index in [1.165, 1.54) is 6.33 Å². The van der Waals surface area contributed by atoms with Gasteiger partial charge < -0.3 is 9.26 Å². The molecule has 1 aliphatic heterocycles. The van der Waals surface area contributed by atoms with Gasteiger partial charge in [-0.15, -0.1) is 0 Å². The highest BCUT2D eigenvalue weighted by Crippen LogP contribution is 2.25. The molecule has 23 heavy (non-hydrogen) atoms. The van der Waals surface area contributed by atoms with Crippen LogP contribution in [0.4, 0.5) is 5.88 Å². The van der Waals surface area contributed by atoms with Gasteiger partial charge in [-0.2, -0.15) is 0 Å². The molecular weight excluding hydrogens is 298 g/mol. The van der Waals surface area contributed by atoms with Crippen LogP contribution in [0.5, 0.6) is 5.88 Å². The summed E-state index contributed by atoms with van der Waals surface area (Å²) in [5, 5.41) is 6.50. The van der Waals surface area contributed by atoms with E-state index in [1.54, 1.807) is 20.1 Å². The number of nitrogens with zero attached hydrogens (tertiary/aromatic N) is 4. The summed E-state index contributed by atoms with van der Waals surface area (Å²) in [6, 6.07) is 1.37. The molecule has 2 aromatic rings. The highest BCUT2D eigenvalue weighted by molar-refractivity contribution is 5.93. The molecule has 1 aliphatic rings. The average molecular weight is 317 g/mol. The Morgan fingerprint density at radius 3 is 3.00 bits per heavy atom. The molecule has 1 unspecified atom stereocenters.